The number of aliphatic hydroxyl groups excluding tert-OH is 1. The van der Waals surface area contributed by atoms with Crippen LogP contribution in [0.25, 0.3) is 11.4 Å². The van der Waals surface area contributed by atoms with E-state index < -0.39 is 15.1 Å². The molecule has 1 fully saturated rings. The molecule has 0 spiro atoms. The van der Waals surface area contributed by atoms with Gasteiger partial charge in [-0.3, -0.25) is 0 Å². The highest BCUT2D eigenvalue weighted by Gasteiger charge is 2.24. The van der Waals surface area contributed by atoms with Crippen molar-refractivity contribution in [3.63, 3.8) is 0 Å². The molecule has 1 aliphatic rings. The van der Waals surface area contributed by atoms with Crippen molar-refractivity contribution in [1.82, 2.24) is 15.3 Å². The number of carbonyl (C=O) groups excluding carboxylic acids is 1. The number of amides is 2. The summed E-state index contributed by atoms with van der Waals surface area (Å²) in [4.78, 5) is 23.3. The first-order chi connectivity index (χ1) is 16.2. The number of hydrogen-bond donors (Lipinski definition) is 3. The summed E-state index contributed by atoms with van der Waals surface area (Å²) in [6.45, 7) is 7.55. The van der Waals surface area contributed by atoms with Crippen LogP contribution in [-0.2, 0) is 20.3 Å². The normalized spacial score (nSPS) is 16.5. The van der Waals surface area contributed by atoms with Gasteiger partial charge in [-0.2, -0.15) is 0 Å². The number of ether oxygens (including phenoxy) is 1. The molecule has 0 radical (unpaired) electrons. The van der Waals surface area contributed by atoms with E-state index in [1.165, 1.54) is 0 Å². The molecule has 186 valence electrons. The Kier molecular flexibility index (Phi) is 8.81. The van der Waals surface area contributed by atoms with Crippen LogP contribution in [0.5, 0.6) is 0 Å². The number of nitrogens with one attached hydrogen (secondary N) is 2. The Balaban J connectivity index is 1.88. The largest absolute Gasteiger partial charge is 0.396 e. The quantitative estimate of drug-likeness (QED) is 0.455. The molecule has 1 aliphatic heterocycles. The fraction of sp³-hybridized carbons (Fsp3) is 0.522. The van der Waals surface area contributed by atoms with Crippen LogP contribution >= 0.6 is 0 Å². The van der Waals surface area contributed by atoms with E-state index in [1.807, 2.05) is 6.92 Å². The van der Waals surface area contributed by atoms with Gasteiger partial charge in [-0.05, 0) is 51.5 Å². The van der Waals surface area contributed by atoms with Gasteiger partial charge in [0, 0.05) is 37.0 Å². The molecular formula is C23H33N5O5S. The maximum Gasteiger partial charge on any atom is 0.319 e. The monoisotopic (exact) mass is 491 g/mol. The molecular weight excluding hydrogens is 458 g/mol. The van der Waals surface area contributed by atoms with E-state index in [0.29, 0.717) is 61.3 Å². The van der Waals surface area contributed by atoms with Crippen molar-refractivity contribution in [2.24, 2.45) is 0 Å². The summed E-state index contributed by atoms with van der Waals surface area (Å²) in [5.41, 5.74) is 1.74. The highest BCUT2D eigenvalue weighted by atomic mass is 32.2. The average Bonchev–Trinajstić information content (AvgIpc) is 2.79. The Bertz CT molecular complexity index is 1080. The SMILES string of the molecule is CC(C)S(=O)(=O)Cc1cc(N2CCOC[C@@H]2C)nc(-c2ccc(NC(=O)NCCCO)cc2)n1. The predicted octanol–water partition coefficient (Wildman–Crippen LogP) is 2.20. The molecule has 1 aromatic carbocycles. The standard InChI is InChI=1S/C23H33N5O5S/c1-16(2)34(31,32)15-20-13-21(28-10-12-33-14-17(28)3)27-22(25-20)18-5-7-19(8-6-18)26-23(30)24-9-4-11-29/h5-8,13,16-17,29H,4,9-12,14-15H2,1-3H3,(H2,24,26,30)/t17-/m0/s1. The van der Waals surface area contributed by atoms with E-state index in [0.717, 1.165) is 0 Å². The number of benzene rings is 1. The molecule has 1 atom stereocenters. The number of aromatic nitrogens is 2. The molecule has 34 heavy (non-hydrogen) atoms. The van der Waals surface area contributed by atoms with E-state index in [4.69, 9.17) is 14.8 Å². The van der Waals surface area contributed by atoms with Crippen LogP contribution in [0.2, 0.25) is 0 Å². The summed E-state index contributed by atoms with van der Waals surface area (Å²) in [5, 5.41) is 13.7. The van der Waals surface area contributed by atoms with Crippen molar-refractivity contribution in [3.05, 3.63) is 36.0 Å². The number of anilines is 2. The van der Waals surface area contributed by atoms with Crippen molar-refractivity contribution in [2.45, 2.75) is 44.2 Å². The molecule has 0 saturated carbocycles. The average molecular weight is 492 g/mol. The lowest BCUT2D eigenvalue weighted by molar-refractivity contribution is 0.0985. The Labute approximate surface area is 200 Å². The number of sulfone groups is 1. The number of urea groups is 1. The van der Waals surface area contributed by atoms with Gasteiger partial charge in [-0.1, -0.05) is 0 Å². The first-order valence-corrected chi connectivity index (χ1v) is 13.1. The zero-order chi connectivity index (χ0) is 24.7. The highest BCUT2D eigenvalue weighted by molar-refractivity contribution is 7.91. The van der Waals surface area contributed by atoms with Crippen molar-refractivity contribution >= 4 is 27.4 Å². The summed E-state index contributed by atoms with van der Waals surface area (Å²) in [6.07, 6.45) is 0.483. The van der Waals surface area contributed by atoms with Crippen LogP contribution in [0.15, 0.2) is 30.3 Å². The first kappa shape index (κ1) is 25.9. The minimum atomic E-state index is -3.34. The highest BCUT2D eigenvalue weighted by Crippen LogP contribution is 2.25. The van der Waals surface area contributed by atoms with E-state index in [2.05, 4.69) is 20.5 Å². The number of aliphatic hydroxyl groups is 1. The van der Waals surface area contributed by atoms with Gasteiger partial charge in [0.15, 0.2) is 15.7 Å². The minimum Gasteiger partial charge on any atom is -0.396 e. The molecule has 10 nitrogen and oxygen atoms in total. The van der Waals surface area contributed by atoms with Crippen LogP contribution in [-0.4, -0.2) is 73.7 Å². The van der Waals surface area contributed by atoms with Gasteiger partial charge in [-0.15, -0.1) is 0 Å². The van der Waals surface area contributed by atoms with Crippen molar-refractivity contribution < 1.29 is 23.1 Å². The van der Waals surface area contributed by atoms with Crippen LogP contribution in [0.4, 0.5) is 16.3 Å². The smallest absolute Gasteiger partial charge is 0.319 e. The maximum atomic E-state index is 12.6. The number of rotatable bonds is 9. The molecule has 2 heterocycles. The Morgan fingerprint density at radius 3 is 2.65 bits per heavy atom. The molecule has 3 N–H and O–H groups in total. The summed E-state index contributed by atoms with van der Waals surface area (Å²) in [6, 6.07) is 8.52. The number of carbonyl (C=O) groups is 1. The minimum absolute atomic E-state index is 0.0116. The second-order valence-corrected chi connectivity index (χ2v) is 11.1. The van der Waals surface area contributed by atoms with Gasteiger partial charge in [-0.25, -0.2) is 23.2 Å². The topological polar surface area (TPSA) is 134 Å². The summed E-state index contributed by atoms with van der Waals surface area (Å²) in [5.74, 6) is 0.920. The third-order valence-corrected chi connectivity index (χ3v) is 7.65. The summed E-state index contributed by atoms with van der Waals surface area (Å²) >= 11 is 0. The second kappa shape index (κ2) is 11.6. The number of nitrogens with zero attached hydrogens (tertiary/aromatic N) is 3. The van der Waals surface area contributed by atoms with E-state index in [9.17, 15) is 13.2 Å². The van der Waals surface area contributed by atoms with Crippen molar-refractivity contribution in [1.29, 1.82) is 0 Å². The Morgan fingerprint density at radius 1 is 1.26 bits per heavy atom. The van der Waals surface area contributed by atoms with Crippen molar-refractivity contribution in [3.8, 4) is 11.4 Å². The Hall–Kier alpha value is -2.76. The fourth-order valence-electron chi connectivity index (χ4n) is 3.43. The molecule has 1 saturated heterocycles. The molecule has 0 aliphatic carbocycles. The maximum absolute atomic E-state index is 12.6. The van der Waals surface area contributed by atoms with Crippen LogP contribution in [0.1, 0.15) is 32.9 Å². The molecule has 3 rings (SSSR count). The van der Waals surface area contributed by atoms with Gasteiger partial charge in [0.25, 0.3) is 0 Å². The van der Waals surface area contributed by atoms with Crippen LogP contribution in [0, 0.1) is 0 Å². The predicted molar refractivity (Wildman–Crippen MR) is 132 cm³/mol. The number of morpholine rings is 1. The van der Waals surface area contributed by atoms with Crippen molar-refractivity contribution in [2.75, 3.05) is 43.1 Å². The van der Waals surface area contributed by atoms with Gasteiger partial charge in [0.05, 0.1) is 36.0 Å². The number of hydrogen-bond acceptors (Lipinski definition) is 8. The molecule has 0 unspecified atom stereocenters. The van der Waals surface area contributed by atoms with Crippen LogP contribution < -0.4 is 15.5 Å². The summed E-state index contributed by atoms with van der Waals surface area (Å²) < 4.78 is 30.7. The lowest BCUT2D eigenvalue weighted by Crippen LogP contribution is -2.44. The Morgan fingerprint density at radius 2 is 2.00 bits per heavy atom. The summed E-state index contributed by atoms with van der Waals surface area (Å²) in [7, 11) is -3.34. The molecule has 0 bridgehead atoms. The lowest BCUT2D eigenvalue weighted by atomic mass is 10.2. The molecule has 11 heteroatoms. The third-order valence-electron chi connectivity index (χ3n) is 5.52. The molecule has 1 aromatic heterocycles. The first-order valence-electron chi connectivity index (χ1n) is 11.4. The molecule has 2 aromatic rings. The van der Waals surface area contributed by atoms with Gasteiger partial charge in [0.1, 0.15) is 5.82 Å². The fourth-order valence-corrected chi connectivity index (χ4v) is 4.33. The zero-order valence-corrected chi connectivity index (χ0v) is 20.6. The second-order valence-electron chi connectivity index (χ2n) is 8.55. The van der Waals surface area contributed by atoms with Gasteiger partial charge < -0.3 is 25.4 Å². The van der Waals surface area contributed by atoms with E-state index >= 15 is 0 Å². The molecule has 2 amide bonds. The zero-order valence-electron chi connectivity index (χ0n) is 19.8. The van der Waals surface area contributed by atoms with Gasteiger partial charge >= 0.3 is 6.03 Å². The third kappa shape index (κ3) is 6.87. The van der Waals surface area contributed by atoms with E-state index in [-0.39, 0.29) is 24.4 Å². The van der Waals surface area contributed by atoms with Gasteiger partial charge in [0.2, 0.25) is 0 Å². The van der Waals surface area contributed by atoms with Crippen LogP contribution in [0.3, 0.4) is 0 Å². The van der Waals surface area contributed by atoms with E-state index in [1.54, 1.807) is 44.2 Å². The lowest BCUT2D eigenvalue weighted by Gasteiger charge is -2.34.